The molecule has 7 rings (SSSR count). The van der Waals surface area contributed by atoms with Crippen molar-refractivity contribution in [2.75, 3.05) is 18.0 Å². The molecule has 2 aromatic carbocycles. The van der Waals surface area contributed by atoms with Crippen molar-refractivity contribution in [2.24, 2.45) is 0 Å². The molecule has 4 aromatic rings. The Morgan fingerprint density at radius 2 is 1.81 bits per heavy atom. The normalized spacial score (nSPS) is 19.9. The summed E-state index contributed by atoms with van der Waals surface area (Å²) < 4.78 is 21.1. The molecule has 1 unspecified atom stereocenters. The summed E-state index contributed by atoms with van der Waals surface area (Å²) in [7, 11) is 0. The second-order valence-electron chi connectivity index (χ2n) is 11.3. The monoisotopic (exact) mass is 565 g/mol. The number of H-pyrrole nitrogens is 1. The quantitative estimate of drug-likeness (QED) is 0.375. The Labute approximate surface area is 240 Å². The molecule has 3 aliphatic rings. The fourth-order valence-corrected chi connectivity index (χ4v) is 6.21. The summed E-state index contributed by atoms with van der Waals surface area (Å²) in [4.78, 5) is 38.6. The second-order valence-corrected chi connectivity index (χ2v) is 11.3. The van der Waals surface area contributed by atoms with E-state index in [-0.39, 0.29) is 35.2 Å². The highest BCUT2D eigenvalue weighted by Gasteiger charge is 2.43. The van der Waals surface area contributed by atoms with Gasteiger partial charge in [-0.25, -0.2) is 19.5 Å². The zero-order chi connectivity index (χ0) is 28.8. The lowest BCUT2D eigenvalue weighted by atomic mass is 9.96. The molecule has 2 saturated heterocycles. The van der Waals surface area contributed by atoms with E-state index in [2.05, 4.69) is 25.1 Å². The van der Waals surface area contributed by atoms with E-state index in [0.717, 1.165) is 32.1 Å². The van der Waals surface area contributed by atoms with Gasteiger partial charge in [0.2, 0.25) is 5.95 Å². The Morgan fingerprint density at radius 1 is 1.05 bits per heavy atom. The van der Waals surface area contributed by atoms with Crippen molar-refractivity contribution >= 4 is 22.6 Å². The Kier molecular flexibility index (Phi) is 6.53. The largest absolute Gasteiger partial charge is 0.490 e. The number of nitrogens with zero attached hydrogens (tertiary/aromatic N) is 6. The Balaban J connectivity index is 1.12. The van der Waals surface area contributed by atoms with Gasteiger partial charge in [-0.05, 0) is 68.0 Å². The number of likely N-dealkylation sites (tertiary alicyclic amines) is 1. The summed E-state index contributed by atoms with van der Waals surface area (Å²) in [6.45, 7) is 0.858. The number of halogens is 1. The van der Waals surface area contributed by atoms with E-state index in [1.54, 1.807) is 29.2 Å². The first kappa shape index (κ1) is 26.1. The van der Waals surface area contributed by atoms with E-state index >= 15 is 4.39 Å². The molecule has 1 aliphatic carbocycles. The van der Waals surface area contributed by atoms with Gasteiger partial charge in [-0.15, -0.1) is 0 Å². The van der Waals surface area contributed by atoms with Crippen molar-refractivity contribution in [1.82, 2.24) is 25.1 Å². The number of hydrogen-bond acceptors (Lipinski definition) is 8. The summed E-state index contributed by atoms with van der Waals surface area (Å²) in [5, 5.41) is 17.1. The lowest BCUT2D eigenvalue weighted by Gasteiger charge is -2.41. The molecule has 2 bridgehead atoms. The number of nitriles is 1. The van der Waals surface area contributed by atoms with Crippen molar-refractivity contribution in [3.8, 4) is 11.8 Å². The minimum atomic E-state index is -0.579. The van der Waals surface area contributed by atoms with Gasteiger partial charge in [-0.3, -0.25) is 9.59 Å². The Bertz CT molecular complexity index is 1770. The Morgan fingerprint density at radius 3 is 2.50 bits per heavy atom. The SMILES string of the molecule is N#Cc1cnc(N2C3CC[C@H]2CN(C(=O)c2cc(Cc4n[nH]c(=O)c5ccc(OC6CCC6)cc45)ccc2F)C3)nc1. The first-order chi connectivity index (χ1) is 20.5. The van der Waals surface area contributed by atoms with Crippen LogP contribution in [0.2, 0.25) is 0 Å². The highest BCUT2D eigenvalue weighted by molar-refractivity contribution is 5.95. The van der Waals surface area contributed by atoms with Crippen molar-refractivity contribution in [3.63, 3.8) is 0 Å². The molecular weight excluding hydrogens is 537 g/mol. The molecule has 2 aromatic heterocycles. The number of benzene rings is 2. The van der Waals surface area contributed by atoms with Crippen LogP contribution in [0.1, 0.15) is 59.3 Å². The molecule has 0 radical (unpaired) electrons. The van der Waals surface area contributed by atoms with E-state index in [4.69, 9.17) is 10.00 Å². The van der Waals surface area contributed by atoms with E-state index in [0.29, 0.717) is 58.8 Å². The van der Waals surface area contributed by atoms with Crippen LogP contribution in [-0.4, -0.2) is 62.2 Å². The van der Waals surface area contributed by atoms with Crippen LogP contribution in [0.25, 0.3) is 10.8 Å². The fourth-order valence-electron chi connectivity index (χ4n) is 6.21. The van der Waals surface area contributed by atoms with Crippen LogP contribution >= 0.6 is 0 Å². The van der Waals surface area contributed by atoms with Crippen LogP contribution in [0, 0.1) is 17.1 Å². The summed E-state index contributed by atoms with van der Waals surface area (Å²) in [6, 6.07) is 12.0. The van der Waals surface area contributed by atoms with Gasteiger partial charge in [0, 0.05) is 37.0 Å². The van der Waals surface area contributed by atoms with Crippen molar-refractivity contribution in [1.29, 1.82) is 5.26 Å². The number of amides is 1. The number of rotatable bonds is 6. The first-order valence-electron chi connectivity index (χ1n) is 14.2. The maximum absolute atomic E-state index is 15.1. The maximum atomic E-state index is 15.1. The molecule has 0 spiro atoms. The minimum Gasteiger partial charge on any atom is -0.490 e. The maximum Gasteiger partial charge on any atom is 0.272 e. The van der Waals surface area contributed by atoms with Gasteiger partial charge < -0.3 is 14.5 Å². The van der Waals surface area contributed by atoms with Crippen LogP contribution in [0.4, 0.5) is 10.3 Å². The van der Waals surface area contributed by atoms with Gasteiger partial charge in [0.15, 0.2) is 0 Å². The molecule has 1 N–H and O–H groups in total. The molecule has 11 heteroatoms. The van der Waals surface area contributed by atoms with Crippen molar-refractivity contribution in [3.05, 3.63) is 87.3 Å². The predicted molar refractivity (Wildman–Crippen MR) is 152 cm³/mol. The van der Waals surface area contributed by atoms with Gasteiger partial charge >= 0.3 is 0 Å². The number of nitrogens with one attached hydrogen (secondary N) is 1. The van der Waals surface area contributed by atoms with E-state index in [9.17, 15) is 9.59 Å². The average Bonchev–Trinajstić information content (AvgIpc) is 3.25. The number of aromatic amines is 1. The number of carbonyl (C=O) groups is 1. The van der Waals surface area contributed by atoms with Crippen LogP contribution < -0.4 is 15.2 Å². The van der Waals surface area contributed by atoms with E-state index < -0.39 is 5.82 Å². The zero-order valence-electron chi connectivity index (χ0n) is 22.8. The van der Waals surface area contributed by atoms with Gasteiger partial charge in [-0.2, -0.15) is 10.4 Å². The minimum absolute atomic E-state index is 0.0118. The van der Waals surface area contributed by atoms with E-state index in [1.165, 1.54) is 18.5 Å². The number of piperazine rings is 1. The topological polar surface area (TPSA) is 128 Å². The van der Waals surface area contributed by atoms with Gasteiger partial charge in [0.05, 0.1) is 40.7 Å². The molecule has 4 heterocycles. The highest BCUT2D eigenvalue weighted by atomic mass is 19.1. The van der Waals surface area contributed by atoms with E-state index in [1.807, 2.05) is 12.1 Å². The predicted octanol–water partition coefficient (Wildman–Crippen LogP) is 3.74. The van der Waals surface area contributed by atoms with Crippen LogP contribution in [0.15, 0.2) is 53.6 Å². The lowest BCUT2D eigenvalue weighted by molar-refractivity contribution is 0.0712. The molecule has 1 saturated carbocycles. The zero-order valence-corrected chi connectivity index (χ0v) is 22.8. The summed E-state index contributed by atoms with van der Waals surface area (Å²) in [6.07, 6.45) is 8.44. The fraction of sp³-hybridized carbons (Fsp3) is 0.355. The van der Waals surface area contributed by atoms with Gasteiger partial charge in [0.25, 0.3) is 11.5 Å². The number of carbonyl (C=O) groups excluding carboxylic acids is 1. The van der Waals surface area contributed by atoms with Crippen LogP contribution in [0.3, 0.4) is 0 Å². The highest BCUT2D eigenvalue weighted by Crippen LogP contribution is 2.34. The number of fused-ring (bicyclic) bond motifs is 3. The summed E-state index contributed by atoms with van der Waals surface area (Å²) in [5.74, 6) is 0.297. The molecule has 10 nitrogen and oxygen atoms in total. The van der Waals surface area contributed by atoms with Gasteiger partial charge in [0.1, 0.15) is 17.6 Å². The lowest BCUT2D eigenvalue weighted by Crippen LogP contribution is -2.56. The third-order valence-corrected chi connectivity index (χ3v) is 8.59. The van der Waals surface area contributed by atoms with Crippen LogP contribution in [0.5, 0.6) is 5.75 Å². The number of aromatic nitrogens is 4. The molecule has 1 amide bonds. The third kappa shape index (κ3) is 4.72. The molecule has 3 fully saturated rings. The van der Waals surface area contributed by atoms with Crippen molar-refractivity contribution in [2.45, 2.75) is 56.7 Å². The molecule has 212 valence electrons. The molecule has 42 heavy (non-hydrogen) atoms. The average molecular weight is 566 g/mol. The smallest absolute Gasteiger partial charge is 0.272 e. The molecule has 2 aliphatic heterocycles. The van der Waals surface area contributed by atoms with Gasteiger partial charge in [-0.1, -0.05) is 6.07 Å². The first-order valence-corrected chi connectivity index (χ1v) is 14.2. The molecular formula is C31H28FN7O3. The summed E-state index contributed by atoms with van der Waals surface area (Å²) >= 11 is 0. The summed E-state index contributed by atoms with van der Waals surface area (Å²) in [5.41, 5.74) is 1.43. The number of hydrogen-bond donors (Lipinski definition) is 1. The Hall–Kier alpha value is -4.85. The van der Waals surface area contributed by atoms with Crippen LogP contribution in [-0.2, 0) is 6.42 Å². The molecule has 2 atom stereocenters. The number of ether oxygens (including phenoxy) is 1. The second kappa shape index (κ2) is 10.5. The number of anilines is 1. The third-order valence-electron chi connectivity index (χ3n) is 8.59. The van der Waals surface area contributed by atoms with Crippen molar-refractivity contribution < 1.29 is 13.9 Å². The standard InChI is InChI=1S/C31H28FN7O3/c32-27-9-4-18(11-28-25-12-23(42-22-2-1-3-22)7-8-24(25)29(40)37-36-28)10-26(27)30(41)38-16-20-5-6-21(17-38)39(20)31-34-14-19(13-33)15-35-31/h4,7-10,12,14-15,20-22H,1-3,5-6,11,16-17H2,(H,37,40)/t20-,21?/m0/s1.